The van der Waals surface area contributed by atoms with Crippen LogP contribution in [0.5, 0.6) is 0 Å². The Morgan fingerprint density at radius 2 is 1.95 bits per heavy atom. The molecule has 1 aromatic heterocycles. The summed E-state index contributed by atoms with van der Waals surface area (Å²) < 4.78 is 19.4. The third-order valence-corrected chi connectivity index (χ3v) is 4.95. The molecule has 1 aliphatic carbocycles. The summed E-state index contributed by atoms with van der Waals surface area (Å²) in [5.41, 5.74) is 6.26. The first-order valence-electron chi connectivity index (χ1n) is 8.08. The van der Waals surface area contributed by atoms with E-state index in [1.807, 2.05) is 4.90 Å². The number of rotatable bonds is 3. The monoisotopic (exact) mass is 307 g/mol. The molecule has 1 saturated carbocycles. The summed E-state index contributed by atoms with van der Waals surface area (Å²) in [6.07, 6.45) is 3.86. The molecule has 1 aromatic rings. The first kappa shape index (κ1) is 14.1. The van der Waals surface area contributed by atoms with E-state index in [2.05, 4.69) is 14.9 Å². The van der Waals surface area contributed by atoms with Crippen LogP contribution in [0, 0.1) is 17.7 Å². The van der Waals surface area contributed by atoms with Crippen LogP contribution in [0.15, 0.2) is 6.20 Å². The van der Waals surface area contributed by atoms with Gasteiger partial charge in [-0.15, -0.1) is 0 Å². The van der Waals surface area contributed by atoms with Gasteiger partial charge >= 0.3 is 0 Å². The molecule has 2 aliphatic heterocycles. The second-order valence-corrected chi connectivity index (χ2v) is 6.51. The maximum absolute atomic E-state index is 14.1. The molecule has 22 heavy (non-hydrogen) atoms. The molecule has 7 heteroatoms. The van der Waals surface area contributed by atoms with E-state index in [1.54, 1.807) is 0 Å². The normalized spacial score (nSPS) is 29.2. The molecular formula is C15H22FN5O. The highest BCUT2D eigenvalue weighted by Crippen LogP contribution is 2.41. The minimum atomic E-state index is -0.368. The van der Waals surface area contributed by atoms with Crippen molar-refractivity contribution in [3.05, 3.63) is 12.0 Å². The number of nitrogens with zero attached hydrogens (tertiary/aromatic N) is 4. The summed E-state index contributed by atoms with van der Waals surface area (Å²) >= 11 is 0. The second-order valence-electron chi connectivity index (χ2n) is 6.51. The van der Waals surface area contributed by atoms with Crippen molar-refractivity contribution in [2.75, 3.05) is 49.2 Å². The van der Waals surface area contributed by atoms with E-state index in [-0.39, 0.29) is 11.9 Å². The summed E-state index contributed by atoms with van der Waals surface area (Å²) in [7, 11) is 0. The van der Waals surface area contributed by atoms with Gasteiger partial charge < -0.3 is 20.3 Å². The quantitative estimate of drug-likeness (QED) is 0.883. The first-order chi connectivity index (χ1) is 10.7. The van der Waals surface area contributed by atoms with Crippen molar-refractivity contribution in [1.82, 2.24) is 9.97 Å². The highest BCUT2D eigenvalue weighted by Gasteiger charge is 2.41. The number of nitrogens with two attached hydrogens (primary N) is 1. The van der Waals surface area contributed by atoms with E-state index >= 15 is 0 Å². The van der Waals surface area contributed by atoms with E-state index in [0.717, 1.165) is 19.0 Å². The molecule has 0 bridgehead atoms. The maximum Gasteiger partial charge on any atom is 0.227 e. The maximum atomic E-state index is 14.1. The Hall–Kier alpha value is -1.47. The zero-order valence-corrected chi connectivity index (χ0v) is 12.6. The molecule has 0 radical (unpaired) electrons. The Bertz CT molecular complexity index is 547. The van der Waals surface area contributed by atoms with Gasteiger partial charge in [-0.1, -0.05) is 0 Å². The van der Waals surface area contributed by atoms with E-state index < -0.39 is 0 Å². The van der Waals surface area contributed by atoms with Crippen LogP contribution in [-0.4, -0.2) is 55.4 Å². The molecule has 0 amide bonds. The number of anilines is 2. The SMILES string of the molecule is N[C@@H]1CN(c2ncc(F)c(N3CCOCC3)n2)C[C@H]1C1CC1. The van der Waals surface area contributed by atoms with Gasteiger partial charge in [0.25, 0.3) is 0 Å². The molecule has 0 unspecified atom stereocenters. The molecule has 3 fully saturated rings. The number of morpholine rings is 1. The van der Waals surface area contributed by atoms with E-state index in [4.69, 9.17) is 10.5 Å². The van der Waals surface area contributed by atoms with Crippen molar-refractivity contribution in [2.24, 2.45) is 17.6 Å². The lowest BCUT2D eigenvalue weighted by Gasteiger charge is -2.28. The fourth-order valence-electron chi connectivity index (χ4n) is 3.54. The van der Waals surface area contributed by atoms with Crippen molar-refractivity contribution in [1.29, 1.82) is 0 Å². The number of halogens is 1. The molecule has 6 nitrogen and oxygen atoms in total. The molecule has 2 atom stereocenters. The van der Waals surface area contributed by atoms with Crippen molar-refractivity contribution < 1.29 is 9.13 Å². The molecule has 2 saturated heterocycles. The molecule has 3 heterocycles. The molecule has 3 aliphatic rings. The molecule has 0 spiro atoms. The Morgan fingerprint density at radius 1 is 1.18 bits per heavy atom. The summed E-state index contributed by atoms with van der Waals surface area (Å²) in [5.74, 6) is 1.91. The van der Waals surface area contributed by atoms with Crippen LogP contribution in [0.1, 0.15) is 12.8 Å². The topological polar surface area (TPSA) is 67.5 Å². The number of aromatic nitrogens is 2. The van der Waals surface area contributed by atoms with Gasteiger partial charge in [0.2, 0.25) is 5.95 Å². The summed E-state index contributed by atoms with van der Waals surface area (Å²) in [4.78, 5) is 12.7. The van der Waals surface area contributed by atoms with Crippen molar-refractivity contribution in [3.8, 4) is 0 Å². The van der Waals surface area contributed by atoms with Crippen LogP contribution in [0.2, 0.25) is 0 Å². The van der Waals surface area contributed by atoms with E-state index in [1.165, 1.54) is 19.0 Å². The van der Waals surface area contributed by atoms with Crippen molar-refractivity contribution in [3.63, 3.8) is 0 Å². The van der Waals surface area contributed by atoms with Gasteiger partial charge in [0.05, 0.1) is 19.4 Å². The van der Waals surface area contributed by atoms with Gasteiger partial charge in [0.15, 0.2) is 11.6 Å². The Balaban J connectivity index is 1.54. The molecule has 120 valence electrons. The fraction of sp³-hybridized carbons (Fsp3) is 0.733. The Kier molecular flexibility index (Phi) is 3.62. The minimum Gasteiger partial charge on any atom is -0.378 e. The average molecular weight is 307 g/mol. The third kappa shape index (κ3) is 2.63. The van der Waals surface area contributed by atoms with Gasteiger partial charge in [-0.25, -0.2) is 9.37 Å². The molecule has 0 aromatic carbocycles. The van der Waals surface area contributed by atoms with E-state index in [9.17, 15) is 4.39 Å². The largest absolute Gasteiger partial charge is 0.378 e. The van der Waals surface area contributed by atoms with Crippen LogP contribution in [0.4, 0.5) is 16.2 Å². The van der Waals surface area contributed by atoms with Gasteiger partial charge in [0, 0.05) is 32.2 Å². The Labute approximate surface area is 129 Å². The van der Waals surface area contributed by atoms with Crippen LogP contribution >= 0.6 is 0 Å². The van der Waals surface area contributed by atoms with Crippen LogP contribution in [0.3, 0.4) is 0 Å². The Morgan fingerprint density at radius 3 is 2.68 bits per heavy atom. The molecule has 2 N–H and O–H groups in total. The number of hydrogen-bond acceptors (Lipinski definition) is 6. The van der Waals surface area contributed by atoms with Crippen LogP contribution < -0.4 is 15.5 Å². The number of hydrogen-bond donors (Lipinski definition) is 1. The molecule has 4 rings (SSSR count). The zero-order valence-electron chi connectivity index (χ0n) is 12.6. The average Bonchev–Trinajstić information content (AvgIpc) is 3.31. The first-order valence-corrected chi connectivity index (χ1v) is 8.08. The van der Waals surface area contributed by atoms with Crippen molar-refractivity contribution in [2.45, 2.75) is 18.9 Å². The van der Waals surface area contributed by atoms with Crippen LogP contribution in [-0.2, 0) is 4.74 Å². The van der Waals surface area contributed by atoms with Gasteiger partial charge in [-0.2, -0.15) is 4.98 Å². The lowest BCUT2D eigenvalue weighted by Crippen LogP contribution is -2.38. The summed E-state index contributed by atoms with van der Waals surface area (Å²) in [6.45, 7) is 4.19. The third-order valence-electron chi connectivity index (χ3n) is 4.95. The lowest BCUT2D eigenvalue weighted by molar-refractivity contribution is 0.122. The predicted molar refractivity (Wildman–Crippen MR) is 81.4 cm³/mol. The summed E-state index contributed by atoms with van der Waals surface area (Å²) in [5, 5.41) is 0. The van der Waals surface area contributed by atoms with Crippen LogP contribution in [0.25, 0.3) is 0 Å². The fourth-order valence-corrected chi connectivity index (χ4v) is 3.54. The van der Waals surface area contributed by atoms with Gasteiger partial charge in [-0.05, 0) is 24.7 Å². The standard InChI is InChI=1S/C15H22FN5O/c16-12-7-18-15(19-14(12)20-3-5-22-6-4-20)21-8-11(10-1-2-10)13(17)9-21/h7,10-11,13H,1-6,8-9,17H2/t11-,13+/m0/s1. The minimum absolute atomic E-state index is 0.174. The zero-order chi connectivity index (χ0) is 15.1. The highest BCUT2D eigenvalue weighted by molar-refractivity contribution is 5.46. The van der Waals surface area contributed by atoms with Gasteiger partial charge in [0.1, 0.15) is 0 Å². The second kappa shape index (κ2) is 5.62. The molecular weight excluding hydrogens is 285 g/mol. The predicted octanol–water partition coefficient (Wildman–Crippen LogP) is 0.626. The smallest absolute Gasteiger partial charge is 0.227 e. The lowest BCUT2D eigenvalue weighted by atomic mass is 9.99. The van der Waals surface area contributed by atoms with Crippen molar-refractivity contribution >= 4 is 11.8 Å². The number of ether oxygens (including phenoxy) is 1. The van der Waals surface area contributed by atoms with E-state index in [0.29, 0.717) is 44.0 Å². The highest BCUT2D eigenvalue weighted by atomic mass is 19.1. The van der Waals surface area contributed by atoms with Gasteiger partial charge in [-0.3, -0.25) is 0 Å². The summed E-state index contributed by atoms with van der Waals surface area (Å²) in [6, 6.07) is 0.174.